The van der Waals surface area contributed by atoms with Gasteiger partial charge in [-0.25, -0.2) is 0 Å². The van der Waals surface area contributed by atoms with E-state index in [1.165, 1.54) is 11.1 Å². The molecule has 1 unspecified atom stereocenters. The van der Waals surface area contributed by atoms with Crippen molar-refractivity contribution in [3.8, 4) is 0 Å². The van der Waals surface area contributed by atoms with Gasteiger partial charge in [-0.15, -0.1) is 0 Å². The second-order valence-electron chi connectivity index (χ2n) is 5.31. The number of hydrogen-bond donors (Lipinski definition) is 1. The molecule has 1 aromatic heterocycles. The molecule has 1 aromatic carbocycles. The SMILES string of the molecule is Cc1ccc(NC(C)c2nc(C(C)C)no2)cc1C. The third-order valence-corrected chi connectivity index (χ3v) is 3.23. The highest BCUT2D eigenvalue weighted by molar-refractivity contribution is 5.48. The first-order valence-electron chi connectivity index (χ1n) is 6.64. The minimum atomic E-state index is 0.00195. The van der Waals surface area contributed by atoms with Crippen LogP contribution < -0.4 is 5.32 Å². The van der Waals surface area contributed by atoms with Crippen molar-refractivity contribution in [2.75, 3.05) is 5.32 Å². The van der Waals surface area contributed by atoms with Gasteiger partial charge in [-0.2, -0.15) is 4.98 Å². The Hall–Kier alpha value is -1.84. The van der Waals surface area contributed by atoms with Gasteiger partial charge in [-0.3, -0.25) is 0 Å². The number of aromatic nitrogens is 2. The first-order chi connectivity index (χ1) is 8.97. The van der Waals surface area contributed by atoms with Crippen molar-refractivity contribution in [3.63, 3.8) is 0 Å². The summed E-state index contributed by atoms with van der Waals surface area (Å²) in [5, 5.41) is 7.37. The van der Waals surface area contributed by atoms with Crippen molar-refractivity contribution < 1.29 is 4.52 Å². The second kappa shape index (κ2) is 5.43. The lowest BCUT2D eigenvalue weighted by atomic mass is 10.1. The summed E-state index contributed by atoms with van der Waals surface area (Å²) in [4.78, 5) is 4.41. The molecule has 0 bridgehead atoms. The molecule has 0 radical (unpaired) electrons. The van der Waals surface area contributed by atoms with Crippen LogP contribution in [0, 0.1) is 13.8 Å². The molecule has 0 amide bonds. The van der Waals surface area contributed by atoms with E-state index >= 15 is 0 Å². The number of benzene rings is 1. The van der Waals surface area contributed by atoms with Crippen LogP contribution in [0.4, 0.5) is 5.69 Å². The fraction of sp³-hybridized carbons (Fsp3) is 0.467. The number of nitrogens with one attached hydrogen (secondary N) is 1. The van der Waals surface area contributed by atoms with Gasteiger partial charge >= 0.3 is 0 Å². The topological polar surface area (TPSA) is 51.0 Å². The Morgan fingerprint density at radius 2 is 1.84 bits per heavy atom. The quantitative estimate of drug-likeness (QED) is 0.902. The number of nitrogens with zero attached hydrogens (tertiary/aromatic N) is 2. The Morgan fingerprint density at radius 3 is 2.42 bits per heavy atom. The van der Waals surface area contributed by atoms with Gasteiger partial charge in [0, 0.05) is 11.6 Å². The zero-order valence-corrected chi connectivity index (χ0v) is 12.2. The molecule has 0 saturated heterocycles. The molecular weight excluding hydrogens is 238 g/mol. The molecule has 0 aliphatic heterocycles. The zero-order valence-electron chi connectivity index (χ0n) is 12.2. The molecule has 0 spiro atoms. The molecule has 19 heavy (non-hydrogen) atoms. The number of aryl methyl sites for hydroxylation is 2. The van der Waals surface area contributed by atoms with Crippen molar-refractivity contribution in [2.45, 2.75) is 46.6 Å². The van der Waals surface area contributed by atoms with Crippen LogP contribution in [0.5, 0.6) is 0 Å². The summed E-state index contributed by atoms with van der Waals surface area (Å²) in [5.41, 5.74) is 3.63. The maximum Gasteiger partial charge on any atom is 0.248 e. The molecule has 0 fully saturated rings. The van der Waals surface area contributed by atoms with E-state index in [-0.39, 0.29) is 12.0 Å². The lowest BCUT2D eigenvalue weighted by Crippen LogP contribution is -2.07. The van der Waals surface area contributed by atoms with Gasteiger partial charge in [0.05, 0.1) is 0 Å². The molecule has 1 atom stereocenters. The highest BCUT2D eigenvalue weighted by atomic mass is 16.5. The van der Waals surface area contributed by atoms with E-state index in [4.69, 9.17) is 4.52 Å². The summed E-state index contributed by atoms with van der Waals surface area (Å²) in [6.45, 7) is 10.3. The number of rotatable bonds is 4. The summed E-state index contributed by atoms with van der Waals surface area (Å²) in [7, 11) is 0. The molecular formula is C15H21N3O. The first kappa shape index (κ1) is 13.6. The maximum atomic E-state index is 5.29. The first-order valence-corrected chi connectivity index (χ1v) is 6.64. The highest BCUT2D eigenvalue weighted by Gasteiger charge is 2.15. The van der Waals surface area contributed by atoms with Crippen molar-refractivity contribution >= 4 is 5.69 Å². The van der Waals surface area contributed by atoms with E-state index < -0.39 is 0 Å². The van der Waals surface area contributed by atoms with Crippen molar-refractivity contribution in [2.24, 2.45) is 0 Å². The van der Waals surface area contributed by atoms with Gasteiger partial charge < -0.3 is 9.84 Å². The van der Waals surface area contributed by atoms with Gasteiger partial charge in [0.1, 0.15) is 6.04 Å². The van der Waals surface area contributed by atoms with E-state index in [0.29, 0.717) is 5.89 Å². The van der Waals surface area contributed by atoms with Gasteiger partial charge in [0.15, 0.2) is 5.82 Å². The summed E-state index contributed by atoms with van der Waals surface area (Å²) >= 11 is 0. The summed E-state index contributed by atoms with van der Waals surface area (Å²) in [5.74, 6) is 1.66. The lowest BCUT2D eigenvalue weighted by Gasteiger charge is -2.12. The minimum Gasteiger partial charge on any atom is -0.374 e. The van der Waals surface area contributed by atoms with E-state index in [2.05, 4.69) is 61.4 Å². The molecule has 2 rings (SSSR count). The van der Waals surface area contributed by atoms with E-state index in [0.717, 1.165) is 11.5 Å². The van der Waals surface area contributed by atoms with Gasteiger partial charge in [0.25, 0.3) is 0 Å². The van der Waals surface area contributed by atoms with E-state index in [1.807, 2.05) is 6.92 Å². The van der Waals surface area contributed by atoms with Crippen LogP contribution in [0.3, 0.4) is 0 Å². The monoisotopic (exact) mass is 259 g/mol. The molecule has 1 N–H and O–H groups in total. The Kier molecular flexibility index (Phi) is 3.88. The fourth-order valence-corrected chi connectivity index (χ4v) is 1.80. The van der Waals surface area contributed by atoms with Gasteiger partial charge in [-0.1, -0.05) is 25.1 Å². The Morgan fingerprint density at radius 1 is 1.11 bits per heavy atom. The van der Waals surface area contributed by atoms with Crippen molar-refractivity contribution in [3.05, 3.63) is 41.0 Å². The summed E-state index contributed by atoms with van der Waals surface area (Å²) in [6.07, 6.45) is 0. The molecule has 0 aliphatic carbocycles. The Labute approximate surface area is 114 Å². The van der Waals surface area contributed by atoms with Crippen LogP contribution >= 0.6 is 0 Å². The third-order valence-electron chi connectivity index (χ3n) is 3.23. The highest BCUT2D eigenvalue weighted by Crippen LogP contribution is 2.21. The molecule has 0 saturated carbocycles. The van der Waals surface area contributed by atoms with Crippen LogP contribution in [0.15, 0.2) is 22.7 Å². The molecule has 1 heterocycles. The Bertz CT molecular complexity index is 560. The molecule has 102 valence electrons. The minimum absolute atomic E-state index is 0.00195. The van der Waals surface area contributed by atoms with Crippen LogP contribution in [0.1, 0.15) is 55.6 Å². The smallest absolute Gasteiger partial charge is 0.248 e. The molecule has 4 nitrogen and oxygen atoms in total. The number of hydrogen-bond acceptors (Lipinski definition) is 4. The van der Waals surface area contributed by atoms with Crippen LogP contribution in [-0.4, -0.2) is 10.1 Å². The third kappa shape index (κ3) is 3.13. The fourth-order valence-electron chi connectivity index (χ4n) is 1.80. The van der Waals surface area contributed by atoms with Gasteiger partial charge in [-0.05, 0) is 44.0 Å². The van der Waals surface area contributed by atoms with Crippen molar-refractivity contribution in [1.29, 1.82) is 0 Å². The largest absolute Gasteiger partial charge is 0.374 e. The van der Waals surface area contributed by atoms with Crippen LogP contribution in [0.2, 0.25) is 0 Å². The van der Waals surface area contributed by atoms with Crippen LogP contribution in [0.25, 0.3) is 0 Å². The zero-order chi connectivity index (χ0) is 14.0. The number of anilines is 1. The predicted molar refractivity (Wildman–Crippen MR) is 76.3 cm³/mol. The average molecular weight is 259 g/mol. The molecule has 2 aromatic rings. The van der Waals surface area contributed by atoms with Crippen molar-refractivity contribution in [1.82, 2.24) is 10.1 Å². The summed E-state index contributed by atoms with van der Waals surface area (Å²) < 4.78 is 5.29. The van der Waals surface area contributed by atoms with Crippen LogP contribution in [-0.2, 0) is 0 Å². The normalized spacial score (nSPS) is 12.7. The second-order valence-corrected chi connectivity index (χ2v) is 5.31. The van der Waals surface area contributed by atoms with Gasteiger partial charge in [0.2, 0.25) is 5.89 Å². The molecule has 4 heteroatoms. The summed E-state index contributed by atoms with van der Waals surface area (Å²) in [6, 6.07) is 6.31. The van der Waals surface area contributed by atoms with E-state index in [1.54, 1.807) is 0 Å². The Balaban J connectivity index is 2.11. The van der Waals surface area contributed by atoms with E-state index in [9.17, 15) is 0 Å². The molecule has 0 aliphatic rings. The maximum absolute atomic E-state index is 5.29. The average Bonchev–Trinajstić information content (AvgIpc) is 2.83. The standard InChI is InChI=1S/C15H21N3O/c1-9(2)14-17-15(19-18-14)12(5)16-13-7-6-10(3)11(4)8-13/h6-9,12,16H,1-5H3. The predicted octanol–water partition coefficient (Wildman–Crippen LogP) is 3.98. The lowest BCUT2D eigenvalue weighted by molar-refractivity contribution is 0.361.